The van der Waals surface area contributed by atoms with Crippen LogP contribution in [0.3, 0.4) is 0 Å². The molecule has 0 radical (unpaired) electrons. The highest BCUT2D eigenvalue weighted by Crippen LogP contribution is 2.25. The number of aliphatic hydroxyl groups is 1. The predicted octanol–water partition coefficient (Wildman–Crippen LogP) is 3.35. The minimum atomic E-state index is -0.942. The van der Waals surface area contributed by atoms with Gasteiger partial charge in [0.05, 0.1) is 12.2 Å². The van der Waals surface area contributed by atoms with Gasteiger partial charge < -0.3 is 9.84 Å². The predicted molar refractivity (Wildman–Crippen MR) is 64.1 cm³/mol. The molecule has 1 heterocycles. The summed E-state index contributed by atoms with van der Waals surface area (Å²) in [6.45, 7) is 0.811. The van der Waals surface area contributed by atoms with Crippen molar-refractivity contribution in [1.29, 1.82) is 0 Å². The van der Waals surface area contributed by atoms with Crippen LogP contribution in [-0.4, -0.2) is 17.8 Å². The van der Waals surface area contributed by atoms with Gasteiger partial charge in [-0.05, 0) is 50.3 Å². The number of hydrogen-bond donors (Lipinski definition) is 1. The van der Waals surface area contributed by atoms with Gasteiger partial charge in [-0.3, -0.25) is 0 Å². The van der Waals surface area contributed by atoms with E-state index in [1.54, 1.807) is 0 Å². The molecule has 0 saturated carbocycles. The van der Waals surface area contributed by atoms with Crippen LogP contribution in [-0.2, 0) is 4.74 Å². The molecule has 2 unspecified atom stereocenters. The van der Waals surface area contributed by atoms with E-state index in [1.165, 1.54) is 0 Å². The van der Waals surface area contributed by atoms with Gasteiger partial charge in [-0.25, -0.2) is 8.78 Å². The van der Waals surface area contributed by atoms with Crippen molar-refractivity contribution in [2.45, 2.75) is 44.3 Å². The van der Waals surface area contributed by atoms with E-state index in [-0.39, 0.29) is 11.7 Å². The molecule has 100 valence electrons. The lowest BCUT2D eigenvalue weighted by Gasteiger charge is -2.14. The maximum absolute atomic E-state index is 13.4. The summed E-state index contributed by atoms with van der Waals surface area (Å²) in [4.78, 5) is 0. The molecule has 1 aromatic carbocycles. The number of ether oxygens (including phenoxy) is 1. The summed E-state index contributed by atoms with van der Waals surface area (Å²) >= 11 is 0. The quantitative estimate of drug-likeness (QED) is 0.875. The molecule has 0 aromatic heterocycles. The van der Waals surface area contributed by atoms with Gasteiger partial charge in [0.15, 0.2) is 0 Å². The van der Waals surface area contributed by atoms with E-state index >= 15 is 0 Å². The van der Waals surface area contributed by atoms with Crippen LogP contribution in [0.25, 0.3) is 0 Å². The summed E-state index contributed by atoms with van der Waals surface area (Å²) in [6, 6.07) is 3.16. The second-order valence-corrected chi connectivity index (χ2v) is 4.75. The van der Waals surface area contributed by atoms with Crippen LogP contribution >= 0.6 is 0 Å². The Hall–Kier alpha value is -1.00. The molecule has 1 aromatic rings. The first-order valence-corrected chi connectivity index (χ1v) is 6.41. The summed E-state index contributed by atoms with van der Waals surface area (Å²) in [7, 11) is 0. The molecule has 0 spiro atoms. The maximum atomic E-state index is 13.4. The fourth-order valence-electron chi connectivity index (χ4n) is 2.34. The third-order valence-corrected chi connectivity index (χ3v) is 3.34. The Bertz CT molecular complexity index is 389. The Morgan fingerprint density at radius 1 is 1.39 bits per heavy atom. The van der Waals surface area contributed by atoms with E-state index in [1.807, 2.05) is 0 Å². The van der Waals surface area contributed by atoms with Crippen LogP contribution < -0.4 is 0 Å². The van der Waals surface area contributed by atoms with Crippen LogP contribution in [0.2, 0.25) is 0 Å². The zero-order valence-corrected chi connectivity index (χ0v) is 10.2. The molecular formula is C14H18F2O2. The van der Waals surface area contributed by atoms with E-state index in [4.69, 9.17) is 4.74 Å². The fraction of sp³-hybridized carbons (Fsp3) is 0.571. The van der Waals surface area contributed by atoms with Crippen molar-refractivity contribution in [1.82, 2.24) is 0 Å². The van der Waals surface area contributed by atoms with Crippen molar-refractivity contribution in [3.63, 3.8) is 0 Å². The number of aliphatic hydroxyl groups excluding tert-OH is 1. The third-order valence-electron chi connectivity index (χ3n) is 3.34. The molecule has 1 fully saturated rings. The molecule has 18 heavy (non-hydrogen) atoms. The van der Waals surface area contributed by atoms with Crippen molar-refractivity contribution in [2.24, 2.45) is 0 Å². The standard InChI is InChI=1S/C14H18F2O2/c15-10-6-7-13(16)12(9-10)14(17)5-1-3-11-4-2-8-18-11/h6-7,9,11,14,17H,1-5,8H2. The number of hydrogen-bond acceptors (Lipinski definition) is 2. The molecule has 0 bridgehead atoms. The van der Waals surface area contributed by atoms with Crippen molar-refractivity contribution in [3.05, 3.63) is 35.4 Å². The molecule has 2 rings (SSSR count). The van der Waals surface area contributed by atoms with Crippen molar-refractivity contribution >= 4 is 0 Å². The van der Waals surface area contributed by atoms with Crippen molar-refractivity contribution < 1.29 is 18.6 Å². The van der Waals surface area contributed by atoms with Gasteiger partial charge in [-0.1, -0.05) is 0 Å². The van der Waals surface area contributed by atoms with Crippen LogP contribution in [0.5, 0.6) is 0 Å². The zero-order chi connectivity index (χ0) is 13.0. The van der Waals surface area contributed by atoms with E-state index in [2.05, 4.69) is 0 Å². The monoisotopic (exact) mass is 256 g/mol. The minimum absolute atomic E-state index is 0.0438. The molecule has 2 atom stereocenters. The van der Waals surface area contributed by atoms with E-state index in [0.29, 0.717) is 6.42 Å². The molecule has 1 aliphatic heterocycles. The van der Waals surface area contributed by atoms with Crippen LogP contribution in [0.15, 0.2) is 18.2 Å². The Kier molecular flexibility index (Phi) is 4.66. The first-order valence-electron chi connectivity index (χ1n) is 6.41. The number of benzene rings is 1. The molecule has 1 aliphatic rings. The molecular weight excluding hydrogens is 238 g/mol. The minimum Gasteiger partial charge on any atom is -0.388 e. The summed E-state index contributed by atoms with van der Waals surface area (Å²) in [5.74, 6) is -1.08. The maximum Gasteiger partial charge on any atom is 0.129 e. The molecule has 2 nitrogen and oxygen atoms in total. The lowest BCUT2D eigenvalue weighted by molar-refractivity contribution is 0.0940. The summed E-state index contributed by atoms with van der Waals surface area (Å²) in [6.07, 6.45) is 3.53. The molecule has 0 amide bonds. The SMILES string of the molecule is OC(CCCC1CCCO1)c1cc(F)ccc1F. The van der Waals surface area contributed by atoms with Gasteiger partial charge in [-0.2, -0.15) is 0 Å². The van der Waals surface area contributed by atoms with Gasteiger partial charge in [0, 0.05) is 12.2 Å². The molecule has 1 saturated heterocycles. The molecule has 0 aliphatic carbocycles. The van der Waals surface area contributed by atoms with Crippen molar-refractivity contribution in [3.8, 4) is 0 Å². The highest BCUT2D eigenvalue weighted by atomic mass is 19.1. The highest BCUT2D eigenvalue weighted by Gasteiger charge is 2.17. The third kappa shape index (κ3) is 3.50. The molecule has 1 N–H and O–H groups in total. The highest BCUT2D eigenvalue weighted by molar-refractivity contribution is 5.20. The summed E-state index contributed by atoms with van der Waals surface area (Å²) < 4.78 is 31.8. The molecule has 4 heteroatoms. The van der Waals surface area contributed by atoms with Gasteiger partial charge in [-0.15, -0.1) is 0 Å². The Morgan fingerprint density at radius 2 is 2.22 bits per heavy atom. The fourth-order valence-corrected chi connectivity index (χ4v) is 2.34. The normalized spacial score (nSPS) is 21.2. The second kappa shape index (κ2) is 6.25. The average molecular weight is 256 g/mol. The van der Waals surface area contributed by atoms with Gasteiger partial charge in [0.1, 0.15) is 11.6 Å². The topological polar surface area (TPSA) is 29.5 Å². The lowest BCUT2D eigenvalue weighted by Crippen LogP contribution is -2.07. The van der Waals surface area contributed by atoms with Crippen LogP contribution in [0.4, 0.5) is 8.78 Å². The number of rotatable bonds is 5. The van der Waals surface area contributed by atoms with Crippen LogP contribution in [0.1, 0.15) is 43.8 Å². The van der Waals surface area contributed by atoms with Gasteiger partial charge in [0.2, 0.25) is 0 Å². The smallest absolute Gasteiger partial charge is 0.129 e. The summed E-state index contributed by atoms with van der Waals surface area (Å²) in [5.41, 5.74) is 0.0438. The largest absolute Gasteiger partial charge is 0.388 e. The van der Waals surface area contributed by atoms with E-state index in [9.17, 15) is 13.9 Å². The zero-order valence-electron chi connectivity index (χ0n) is 10.2. The first-order chi connectivity index (χ1) is 8.66. The second-order valence-electron chi connectivity index (χ2n) is 4.75. The summed E-state index contributed by atoms with van der Waals surface area (Å²) in [5, 5.41) is 9.85. The lowest BCUT2D eigenvalue weighted by atomic mass is 10.0. The average Bonchev–Trinajstić information content (AvgIpc) is 2.85. The van der Waals surface area contributed by atoms with Gasteiger partial charge in [0.25, 0.3) is 0 Å². The van der Waals surface area contributed by atoms with Gasteiger partial charge >= 0.3 is 0 Å². The van der Waals surface area contributed by atoms with E-state index in [0.717, 1.165) is 50.5 Å². The van der Waals surface area contributed by atoms with Crippen LogP contribution in [0, 0.1) is 11.6 Å². The Balaban J connectivity index is 1.83. The van der Waals surface area contributed by atoms with Crippen molar-refractivity contribution in [2.75, 3.05) is 6.61 Å². The Morgan fingerprint density at radius 3 is 2.94 bits per heavy atom. The Labute approximate surface area is 106 Å². The first kappa shape index (κ1) is 13.4. The van der Waals surface area contributed by atoms with E-state index < -0.39 is 17.7 Å². The number of halogens is 2.